The molecule has 0 saturated heterocycles. The van der Waals surface area contributed by atoms with Gasteiger partial charge in [0.25, 0.3) is 0 Å². The minimum atomic E-state index is -4.23. The Morgan fingerprint density at radius 3 is 2.56 bits per heavy atom. The summed E-state index contributed by atoms with van der Waals surface area (Å²) >= 11 is 0. The minimum absolute atomic E-state index is 0.223. The summed E-state index contributed by atoms with van der Waals surface area (Å²) in [6.07, 6.45) is -3.62. The third-order valence-electron chi connectivity index (χ3n) is 1.94. The summed E-state index contributed by atoms with van der Waals surface area (Å²) in [5.41, 5.74) is 5.44. The molecule has 0 atom stereocenters. The first-order valence-electron chi connectivity index (χ1n) is 4.96. The van der Waals surface area contributed by atoms with Gasteiger partial charge in [0.2, 0.25) is 0 Å². The second-order valence-electron chi connectivity index (χ2n) is 3.46. The molecule has 3 nitrogen and oxygen atoms in total. The van der Waals surface area contributed by atoms with Crippen LogP contribution >= 0.6 is 0 Å². The summed E-state index contributed by atoms with van der Waals surface area (Å²) in [6, 6.07) is 4.66. The molecule has 16 heavy (non-hydrogen) atoms. The molecule has 0 unspecified atom stereocenters. The summed E-state index contributed by atoms with van der Waals surface area (Å²) in [5.74, 6) is 0.486. The molecule has 2 N–H and O–H groups in total. The molecule has 0 aromatic carbocycles. The maximum Gasteiger partial charge on any atom is 0.405 e. The first kappa shape index (κ1) is 12.6. The van der Waals surface area contributed by atoms with Crippen LogP contribution in [0, 0.1) is 0 Å². The Morgan fingerprint density at radius 2 is 2.06 bits per heavy atom. The lowest BCUT2D eigenvalue weighted by Crippen LogP contribution is -2.35. The van der Waals surface area contributed by atoms with Crippen LogP contribution in [0.2, 0.25) is 0 Å². The average Bonchev–Trinajstić information content (AvgIpc) is 2.15. The molecule has 1 aromatic heterocycles. The van der Waals surface area contributed by atoms with E-state index in [1.165, 1.54) is 11.0 Å². The van der Waals surface area contributed by atoms with Gasteiger partial charge in [-0.15, -0.1) is 0 Å². The highest BCUT2D eigenvalue weighted by Gasteiger charge is 2.31. The number of anilines is 2. The van der Waals surface area contributed by atoms with Crippen LogP contribution in [0.15, 0.2) is 18.2 Å². The van der Waals surface area contributed by atoms with Crippen molar-refractivity contribution in [1.82, 2.24) is 4.98 Å². The van der Waals surface area contributed by atoms with Gasteiger partial charge >= 0.3 is 6.18 Å². The van der Waals surface area contributed by atoms with E-state index < -0.39 is 12.7 Å². The van der Waals surface area contributed by atoms with E-state index in [1.807, 2.05) is 6.92 Å². The SMILES string of the molecule is CCCN(CC(F)(F)F)c1cccc(N)n1. The molecule has 90 valence electrons. The molecule has 0 bridgehead atoms. The predicted molar refractivity (Wildman–Crippen MR) is 57.2 cm³/mol. The monoisotopic (exact) mass is 233 g/mol. The predicted octanol–water partition coefficient (Wildman–Crippen LogP) is 2.44. The molecule has 1 aromatic rings. The number of nitrogens with zero attached hydrogens (tertiary/aromatic N) is 2. The Kier molecular flexibility index (Phi) is 3.98. The van der Waals surface area contributed by atoms with Crippen molar-refractivity contribution < 1.29 is 13.2 Å². The fourth-order valence-corrected chi connectivity index (χ4v) is 1.38. The van der Waals surface area contributed by atoms with Gasteiger partial charge in [-0.1, -0.05) is 13.0 Å². The standard InChI is InChI=1S/C10H14F3N3/c1-2-6-16(7-10(11,12)13)9-5-3-4-8(14)15-9/h3-5H,2,6-7H2,1H3,(H2,14,15). The highest BCUT2D eigenvalue weighted by atomic mass is 19.4. The number of hydrogen-bond acceptors (Lipinski definition) is 3. The molecule has 0 saturated carbocycles. The smallest absolute Gasteiger partial charge is 0.384 e. The quantitative estimate of drug-likeness (QED) is 0.868. The number of aromatic nitrogens is 1. The van der Waals surface area contributed by atoms with E-state index in [1.54, 1.807) is 12.1 Å². The zero-order chi connectivity index (χ0) is 12.2. The Labute approximate surface area is 92.1 Å². The lowest BCUT2D eigenvalue weighted by Gasteiger charge is -2.24. The molecule has 0 spiro atoms. The van der Waals surface area contributed by atoms with Gasteiger partial charge in [-0.25, -0.2) is 4.98 Å². The molecule has 0 fully saturated rings. The maximum absolute atomic E-state index is 12.3. The number of rotatable bonds is 4. The van der Waals surface area contributed by atoms with Crippen LogP contribution in [0.4, 0.5) is 24.8 Å². The Balaban J connectivity index is 2.85. The van der Waals surface area contributed by atoms with Crippen LogP contribution in [0.1, 0.15) is 13.3 Å². The second-order valence-corrected chi connectivity index (χ2v) is 3.46. The number of hydrogen-bond donors (Lipinski definition) is 1. The molecule has 1 rings (SSSR count). The molecule has 0 radical (unpaired) electrons. The van der Waals surface area contributed by atoms with Gasteiger partial charge in [0, 0.05) is 6.54 Å². The van der Waals surface area contributed by atoms with Crippen LogP contribution in [0.5, 0.6) is 0 Å². The minimum Gasteiger partial charge on any atom is -0.384 e. The Morgan fingerprint density at radius 1 is 1.38 bits per heavy atom. The lowest BCUT2D eigenvalue weighted by atomic mass is 10.3. The van der Waals surface area contributed by atoms with E-state index in [-0.39, 0.29) is 11.6 Å². The third kappa shape index (κ3) is 3.96. The average molecular weight is 233 g/mol. The van der Waals surface area contributed by atoms with Gasteiger partial charge in [0.05, 0.1) is 0 Å². The van der Waals surface area contributed by atoms with Gasteiger partial charge in [-0.05, 0) is 18.6 Å². The maximum atomic E-state index is 12.3. The molecular formula is C10H14F3N3. The Hall–Kier alpha value is -1.46. The fraction of sp³-hybridized carbons (Fsp3) is 0.500. The van der Waals surface area contributed by atoms with E-state index >= 15 is 0 Å². The first-order valence-corrected chi connectivity index (χ1v) is 4.96. The van der Waals surface area contributed by atoms with Crippen LogP contribution in [-0.4, -0.2) is 24.2 Å². The molecule has 0 amide bonds. The fourth-order valence-electron chi connectivity index (χ4n) is 1.38. The van der Waals surface area contributed by atoms with Crippen molar-refractivity contribution in [2.45, 2.75) is 19.5 Å². The highest BCUT2D eigenvalue weighted by Crippen LogP contribution is 2.21. The zero-order valence-corrected chi connectivity index (χ0v) is 8.96. The van der Waals surface area contributed by atoms with Crippen molar-refractivity contribution in [3.63, 3.8) is 0 Å². The number of alkyl halides is 3. The normalized spacial score (nSPS) is 11.5. The summed E-state index contributed by atoms with van der Waals surface area (Å²) in [7, 11) is 0. The van der Waals surface area contributed by atoms with Gasteiger partial charge in [0.1, 0.15) is 18.2 Å². The van der Waals surface area contributed by atoms with E-state index in [0.29, 0.717) is 13.0 Å². The third-order valence-corrected chi connectivity index (χ3v) is 1.94. The first-order chi connectivity index (χ1) is 7.42. The van der Waals surface area contributed by atoms with Gasteiger partial charge < -0.3 is 10.6 Å². The van der Waals surface area contributed by atoms with Crippen LogP contribution in [0.25, 0.3) is 0 Å². The highest BCUT2D eigenvalue weighted by molar-refractivity contribution is 5.44. The van der Waals surface area contributed by atoms with Gasteiger partial charge in [-0.2, -0.15) is 13.2 Å². The van der Waals surface area contributed by atoms with E-state index in [2.05, 4.69) is 4.98 Å². The van der Waals surface area contributed by atoms with Crippen LogP contribution in [0.3, 0.4) is 0 Å². The van der Waals surface area contributed by atoms with Crippen molar-refractivity contribution in [2.75, 3.05) is 23.7 Å². The lowest BCUT2D eigenvalue weighted by molar-refractivity contribution is -0.119. The molecule has 0 aliphatic heterocycles. The van der Waals surface area contributed by atoms with Crippen molar-refractivity contribution in [3.8, 4) is 0 Å². The number of pyridine rings is 1. The van der Waals surface area contributed by atoms with Gasteiger partial charge in [0.15, 0.2) is 0 Å². The topological polar surface area (TPSA) is 42.1 Å². The van der Waals surface area contributed by atoms with E-state index in [9.17, 15) is 13.2 Å². The van der Waals surface area contributed by atoms with Crippen molar-refractivity contribution in [2.24, 2.45) is 0 Å². The van der Waals surface area contributed by atoms with Crippen molar-refractivity contribution >= 4 is 11.6 Å². The van der Waals surface area contributed by atoms with Crippen molar-refractivity contribution in [1.29, 1.82) is 0 Å². The summed E-state index contributed by atoms with van der Waals surface area (Å²) in [4.78, 5) is 5.06. The summed E-state index contributed by atoms with van der Waals surface area (Å²) < 4.78 is 36.9. The van der Waals surface area contributed by atoms with E-state index in [0.717, 1.165) is 0 Å². The van der Waals surface area contributed by atoms with Crippen molar-refractivity contribution in [3.05, 3.63) is 18.2 Å². The number of nitrogen functional groups attached to an aromatic ring is 1. The molecule has 6 heteroatoms. The molecule has 0 aliphatic carbocycles. The van der Waals surface area contributed by atoms with Crippen LogP contribution in [-0.2, 0) is 0 Å². The molecular weight excluding hydrogens is 219 g/mol. The number of halogens is 3. The van der Waals surface area contributed by atoms with Crippen LogP contribution < -0.4 is 10.6 Å². The number of nitrogens with two attached hydrogens (primary N) is 1. The summed E-state index contributed by atoms with van der Waals surface area (Å²) in [6.45, 7) is 1.11. The zero-order valence-electron chi connectivity index (χ0n) is 8.96. The molecule has 1 heterocycles. The second kappa shape index (κ2) is 5.05. The van der Waals surface area contributed by atoms with Gasteiger partial charge in [-0.3, -0.25) is 0 Å². The Bertz CT molecular complexity index is 338. The molecule has 0 aliphatic rings. The summed E-state index contributed by atoms with van der Waals surface area (Å²) in [5, 5.41) is 0. The largest absolute Gasteiger partial charge is 0.405 e. The van der Waals surface area contributed by atoms with E-state index in [4.69, 9.17) is 5.73 Å².